The number of hydrogen-bond donors (Lipinski definition) is 1. The molecule has 15 heavy (non-hydrogen) atoms. The third kappa shape index (κ3) is 5.31. The first-order chi connectivity index (χ1) is 7.34. The van der Waals surface area contributed by atoms with Gasteiger partial charge in [0.15, 0.2) is 0 Å². The second-order valence-corrected chi connectivity index (χ2v) is 4.65. The van der Waals surface area contributed by atoms with Crippen molar-refractivity contribution in [2.45, 2.75) is 58.3 Å². The van der Waals surface area contributed by atoms with Crippen LogP contribution < -0.4 is 5.32 Å². The molecule has 0 aromatic rings. The molecular weight excluding hydrogens is 186 g/mol. The number of hydrogen-bond acceptors (Lipinski definition) is 2. The van der Waals surface area contributed by atoms with Gasteiger partial charge < -0.3 is 5.32 Å². The van der Waals surface area contributed by atoms with Crippen LogP contribution in [-0.4, -0.2) is 18.9 Å². The summed E-state index contributed by atoms with van der Waals surface area (Å²) in [5.74, 6) is 0.894. The second-order valence-electron chi connectivity index (χ2n) is 4.65. The first-order valence-electron chi connectivity index (χ1n) is 6.58. The van der Waals surface area contributed by atoms with Gasteiger partial charge in [0.25, 0.3) is 0 Å². The fraction of sp³-hybridized carbons (Fsp3) is 0.923. The normalized spacial score (nSPS) is 17.9. The van der Waals surface area contributed by atoms with Gasteiger partial charge in [-0.1, -0.05) is 32.6 Å². The lowest BCUT2D eigenvalue weighted by Crippen LogP contribution is -2.31. The zero-order valence-corrected chi connectivity index (χ0v) is 10.1. The predicted molar refractivity (Wildman–Crippen MR) is 64.0 cm³/mol. The maximum Gasteiger partial charge on any atom is 0.136 e. The Morgan fingerprint density at radius 1 is 1.13 bits per heavy atom. The van der Waals surface area contributed by atoms with Crippen molar-refractivity contribution in [3.63, 3.8) is 0 Å². The molecule has 0 aromatic heterocycles. The van der Waals surface area contributed by atoms with E-state index in [0.717, 1.165) is 38.8 Å². The molecule has 0 amide bonds. The van der Waals surface area contributed by atoms with E-state index in [1.54, 1.807) is 0 Å². The van der Waals surface area contributed by atoms with Crippen molar-refractivity contribution in [2.24, 2.45) is 5.92 Å². The minimum atomic E-state index is 0.373. The van der Waals surface area contributed by atoms with Gasteiger partial charge in [-0.05, 0) is 32.4 Å². The number of rotatable bonds is 7. The van der Waals surface area contributed by atoms with Crippen LogP contribution in [0.5, 0.6) is 0 Å². The van der Waals surface area contributed by atoms with Crippen LogP contribution in [0, 0.1) is 5.92 Å². The average molecular weight is 211 g/mol. The summed E-state index contributed by atoms with van der Waals surface area (Å²) >= 11 is 0. The Balaban J connectivity index is 2.02. The molecular formula is C13H25NO. The zero-order chi connectivity index (χ0) is 10.9. The first-order valence-corrected chi connectivity index (χ1v) is 6.58. The van der Waals surface area contributed by atoms with E-state index in [1.807, 2.05) is 0 Å². The van der Waals surface area contributed by atoms with Gasteiger partial charge in [-0.3, -0.25) is 4.79 Å². The molecule has 0 unspecified atom stereocenters. The number of ketones is 1. The van der Waals surface area contributed by atoms with Crippen LogP contribution in [0.4, 0.5) is 0 Å². The van der Waals surface area contributed by atoms with Crippen molar-refractivity contribution < 1.29 is 4.79 Å². The van der Waals surface area contributed by atoms with Crippen molar-refractivity contribution in [3.05, 3.63) is 0 Å². The Kier molecular flexibility index (Phi) is 6.66. The summed E-state index contributed by atoms with van der Waals surface area (Å²) in [5.41, 5.74) is 0. The van der Waals surface area contributed by atoms with Gasteiger partial charge in [-0.25, -0.2) is 0 Å². The van der Waals surface area contributed by atoms with E-state index in [1.165, 1.54) is 25.7 Å². The van der Waals surface area contributed by atoms with E-state index in [-0.39, 0.29) is 0 Å². The molecule has 0 aromatic carbocycles. The maximum absolute atomic E-state index is 11.8. The summed E-state index contributed by atoms with van der Waals surface area (Å²) in [6.07, 6.45) is 9.21. The fourth-order valence-electron chi connectivity index (χ4n) is 2.25. The van der Waals surface area contributed by atoms with Crippen LogP contribution >= 0.6 is 0 Å². The number of unbranched alkanes of at least 4 members (excludes halogenated alkanes) is 4. The lowest BCUT2D eigenvalue weighted by molar-refractivity contribution is -0.123. The highest BCUT2D eigenvalue weighted by atomic mass is 16.1. The van der Waals surface area contributed by atoms with E-state index in [2.05, 4.69) is 12.2 Å². The lowest BCUT2D eigenvalue weighted by atomic mass is 9.90. The number of nitrogens with one attached hydrogen (secondary N) is 1. The second kappa shape index (κ2) is 7.86. The quantitative estimate of drug-likeness (QED) is 0.656. The molecule has 1 aliphatic heterocycles. The molecule has 0 radical (unpaired) electrons. The Labute approximate surface area is 93.8 Å². The number of carbonyl (C=O) groups excluding carboxylic acids is 1. The van der Waals surface area contributed by atoms with Crippen molar-refractivity contribution in [3.8, 4) is 0 Å². The van der Waals surface area contributed by atoms with Gasteiger partial charge in [-0.2, -0.15) is 0 Å². The molecule has 2 heteroatoms. The van der Waals surface area contributed by atoms with E-state index in [4.69, 9.17) is 0 Å². The third-order valence-corrected chi connectivity index (χ3v) is 3.32. The topological polar surface area (TPSA) is 29.1 Å². The summed E-state index contributed by atoms with van der Waals surface area (Å²) in [5, 5.41) is 3.30. The van der Waals surface area contributed by atoms with E-state index >= 15 is 0 Å². The third-order valence-electron chi connectivity index (χ3n) is 3.32. The SMILES string of the molecule is CCCCCCCC(=O)C1CCNCC1. The van der Waals surface area contributed by atoms with Crippen LogP contribution in [0.1, 0.15) is 58.3 Å². The summed E-state index contributed by atoms with van der Waals surface area (Å²) in [4.78, 5) is 11.8. The van der Waals surface area contributed by atoms with E-state index in [9.17, 15) is 4.79 Å². The minimum Gasteiger partial charge on any atom is -0.317 e. The summed E-state index contributed by atoms with van der Waals surface area (Å²) in [6, 6.07) is 0. The number of piperidine rings is 1. The van der Waals surface area contributed by atoms with Crippen molar-refractivity contribution in [1.29, 1.82) is 0 Å². The van der Waals surface area contributed by atoms with Gasteiger partial charge >= 0.3 is 0 Å². The molecule has 2 nitrogen and oxygen atoms in total. The molecule has 1 rings (SSSR count). The highest BCUT2D eigenvalue weighted by Gasteiger charge is 2.19. The van der Waals surface area contributed by atoms with Crippen LogP contribution in [0.3, 0.4) is 0 Å². The molecule has 1 fully saturated rings. The van der Waals surface area contributed by atoms with Crippen LogP contribution in [-0.2, 0) is 4.79 Å². The summed E-state index contributed by atoms with van der Waals surface area (Å²) in [6.45, 7) is 4.29. The van der Waals surface area contributed by atoms with Gasteiger partial charge in [-0.15, -0.1) is 0 Å². The van der Waals surface area contributed by atoms with Gasteiger partial charge in [0.05, 0.1) is 0 Å². The highest BCUT2D eigenvalue weighted by molar-refractivity contribution is 5.81. The first kappa shape index (κ1) is 12.7. The van der Waals surface area contributed by atoms with Gasteiger partial charge in [0.1, 0.15) is 5.78 Å². The monoisotopic (exact) mass is 211 g/mol. The average Bonchev–Trinajstić information content (AvgIpc) is 2.30. The molecule has 1 saturated heterocycles. The number of Topliss-reactive ketones (excluding diaryl/α,β-unsaturated/α-hetero) is 1. The molecule has 1 N–H and O–H groups in total. The van der Waals surface area contributed by atoms with Crippen molar-refractivity contribution in [2.75, 3.05) is 13.1 Å². The van der Waals surface area contributed by atoms with Gasteiger partial charge in [0, 0.05) is 12.3 Å². The maximum atomic E-state index is 11.8. The molecule has 0 bridgehead atoms. The predicted octanol–water partition coefficient (Wildman–Crippen LogP) is 2.92. The Hall–Kier alpha value is -0.370. The Morgan fingerprint density at radius 3 is 2.47 bits per heavy atom. The lowest BCUT2D eigenvalue weighted by Gasteiger charge is -2.21. The standard InChI is InChI=1S/C13H25NO/c1-2-3-4-5-6-7-13(15)12-8-10-14-11-9-12/h12,14H,2-11H2,1H3. The zero-order valence-electron chi connectivity index (χ0n) is 10.1. The molecule has 1 aliphatic rings. The highest BCUT2D eigenvalue weighted by Crippen LogP contribution is 2.16. The minimum absolute atomic E-state index is 0.373. The Morgan fingerprint density at radius 2 is 1.80 bits per heavy atom. The molecule has 0 aliphatic carbocycles. The summed E-state index contributed by atoms with van der Waals surface area (Å²) < 4.78 is 0. The van der Waals surface area contributed by atoms with Crippen molar-refractivity contribution in [1.82, 2.24) is 5.32 Å². The van der Waals surface area contributed by atoms with Gasteiger partial charge in [0.2, 0.25) is 0 Å². The molecule has 0 atom stereocenters. The summed E-state index contributed by atoms with van der Waals surface area (Å²) in [7, 11) is 0. The molecule has 0 saturated carbocycles. The van der Waals surface area contributed by atoms with Crippen molar-refractivity contribution >= 4 is 5.78 Å². The van der Waals surface area contributed by atoms with Crippen LogP contribution in [0.25, 0.3) is 0 Å². The van der Waals surface area contributed by atoms with Crippen LogP contribution in [0.2, 0.25) is 0 Å². The van der Waals surface area contributed by atoms with Crippen LogP contribution in [0.15, 0.2) is 0 Å². The number of carbonyl (C=O) groups is 1. The van der Waals surface area contributed by atoms with E-state index < -0.39 is 0 Å². The smallest absolute Gasteiger partial charge is 0.136 e. The fourth-order valence-corrected chi connectivity index (χ4v) is 2.25. The molecule has 1 heterocycles. The largest absolute Gasteiger partial charge is 0.317 e. The molecule has 0 spiro atoms. The Bertz CT molecular complexity index is 173. The molecule has 88 valence electrons. The van der Waals surface area contributed by atoms with E-state index in [0.29, 0.717) is 11.7 Å².